The number of rotatable bonds is 57. The molecule has 0 bridgehead atoms. The van der Waals surface area contributed by atoms with Crippen molar-refractivity contribution in [3.05, 3.63) is 97.2 Å². The Morgan fingerprint density at radius 1 is 0.280 bits per heavy atom. The summed E-state index contributed by atoms with van der Waals surface area (Å²) in [5.74, 6) is -0.898. The van der Waals surface area contributed by atoms with E-state index in [2.05, 4.69) is 118 Å². The van der Waals surface area contributed by atoms with E-state index in [1.165, 1.54) is 141 Å². The standard InChI is InChI=1S/C69H118O6/c1-4-7-10-13-16-19-22-25-27-29-30-31-32-33-34-35-36-37-38-40-41-44-47-50-53-56-59-62-68(71)74-65-66(64-73-67(70)61-58-55-52-49-46-43-24-21-18-15-12-9-6-3)75-69(72)63-60-57-54-51-48-45-42-39-28-26-23-20-17-14-11-8-5-2/h7-8,10-11,16-17,19-20,25-28,30-31,42,45,66H,4-6,9,12-15,18,21-24,29,32-41,43-44,46-65H2,1-3H3/b10-7-,11-8-,19-16-,20-17-,27-25-,28-26-,31-30-,45-42-. The molecule has 0 aromatic heterocycles. The van der Waals surface area contributed by atoms with Crippen LogP contribution in [-0.4, -0.2) is 37.2 Å². The van der Waals surface area contributed by atoms with E-state index in [9.17, 15) is 14.4 Å². The lowest BCUT2D eigenvalue weighted by Gasteiger charge is -2.18. The quantitative estimate of drug-likeness (QED) is 0.0261. The molecule has 1 unspecified atom stereocenters. The van der Waals surface area contributed by atoms with Gasteiger partial charge in [-0.3, -0.25) is 14.4 Å². The van der Waals surface area contributed by atoms with Gasteiger partial charge in [-0.25, -0.2) is 0 Å². The fraction of sp³-hybridized carbons (Fsp3) is 0.725. The van der Waals surface area contributed by atoms with Crippen molar-refractivity contribution in [2.45, 2.75) is 309 Å². The number of carbonyl (C=O) groups excluding carboxylic acids is 3. The van der Waals surface area contributed by atoms with Crippen LogP contribution in [0.5, 0.6) is 0 Å². The van der Waals surface area contributed by atoms with E-state index in [0.717, 1.165) is 122 Å². The molecule has 0 aromatic rings. The number of ether oxygens (including phenoxy) is 3. The van der Waals surface area contributed by atoms with Crippen LogP contribution in [0.1, 0.15) is 303 Å². The lowest BCUT2D eigenvalue weighted by atomic mass is 10.0. The van der Waals surface area contributed by atoms with Crippen molar-refractivity contribution in [1.29, 1.82) is 0 Å². The molecule has 0 saturated heterocycles. The van der Waals surface area contributed by atoms with Gasteiger partial charge in [0.15, 0.2) is 6.10 Å². The number of carbonyl (C=O) groups is 3. The van der Waals surface area contributed by atoms with Gasteiger partial charge >= 0.3 is 17.9 Å². The molecular formula is C69H118O6. The minimum Gasteiger partial charge on any atom is -0.462 e. The van der Waals surface area contributed by atoms with Crippen LogP contribution in [0.25, 0.3) is 0 Å². The molecule has 0 rings (SSSR count). The van der Waals surface area contributed by atoms with Crippen molar-refractivity contribution < 1.29 is 28.6 Å². The van der Waals surface area contributed by atoms with Crippen LogP contribution >= 0.6 is 0 Å². The second-order valence-electron chi connectivity index (χ2n) is 20.9. The Bertz CT molecular complexity index is 1480. The molecule has 0 saturated carbocycles. The molecule has 0 spiro atoms. The van der Waals surface area contributed by atoms with Gasteiger partial charge in [-0.05, 0) is 96.3 Å². The van der Waals surface area contributed by atoms with E-state index in [1.807, 2.05) is 0 Å². The molecule has 6 nitrogen and oxygen atoms in total. The van der Waals surface area contributed by atoms with Crippen LogP contribution < -0.4 is 0 Å². The fourth-order valence-electron chi connectivity index (χ4n) is 8.90. The smallest absolute Gasteiger partial charge is 0.306 e. The molecule has 0 fully saturated rings. The second kappa shape index (κ2) is 62.9. The summed E-state index contributed by atoms with van der Waals surface area (Å²) in [6.45, 7) is 6.42. The summed E-state index contributed by atoms with van der Waals surface area (Å²) >= 11 is 0. The zero-order chi connectivity index (χ0) is 54.3. The molecular weight excluding hydrogens is 925 g/mol. The lowest BCUT2D eigenvalue weighted by Crippen LogP contribution is -2.30. The number of allylic oxidation sites excluding steroid dienone is 16. The lowest BCUT2D eigenvalue weighted by molar-refractivity contribution is -0.167. The monoisotopic (exact) mass is 1040 g/mol. The number of hydrogen-bond donors (Lipinski definition) is 0. The average molecular weight is 1040 g/mol. The summed E-state index contributed by atoms with van der Waals surface area (Å²) in [5.41, 5.74) is 0. The summed E-state index contributed by atoms with van der Waals surface area (Å²) < 4.78 is 16.9. The highest BCUT2D eigenvalue weighted by molar-refractivity contribution is 5.71. The molecule has 0 heterocycles. The van der Waals surface area contributed by atoms with Crippen LogP contribution in [-0.2, 0) is 28.6 Å². The van der Waals surface area contributed by atoms with Gasteiger partial charge < -0.3 is 14.2 Å². The van der Waals surface area contributed by atoms with Gasteiger partial charge in [-0.1, -0.05) is 285 Å². The van der Waals surface area contributed by atoms with Gasteiger partial charge in [0.05, 0.1) is 0 Å². The summed E-state index contributed by atoms with van der Waals surface area (Å²) in [7, 11) is 0. The van der Waals surface area contributed by atoms with Crippen LogP contribution in [0.3, 0.4) is 0 Å². The molecule has 1 atom stereocenters. The van der Waals surface area contributed by atoms with Crippen molar-refractivity contribution in [2.75, 3.05) is 13.2 Å². The third-order valence-electron chi connectivity index (χ3n) is 13.6. The largest absolute Gasteiger partial charge is 0.462 e. The summed E-state index contributed by atoms with van der Waals surface area (Å²) in [5, 5.41) is 0. The number of unbranched alkanes of at least 4 members (excludes halogenated alkanes) is 30. The van der Waals surface area contributed by atoms with Crippen molar-refractivity contribution in [2.24, 2.45) is 0 Å². The third-order valence-corrected chi connectivity index (χ3v) is 13.6. The fourth-order valence-corrected chi connectivity index (χ4v) is 8.90. The van der Waals surface area contributed by atoms with Gasteiger partial charge in [0, 0.05) is 19.3 Å². The summed E-state index contributed by atoms with van der Waals surface area (Å²) in [4.78, 5) is 38.3. The maximum atomic E-state index is 12.9. The first kappa shape index (κ1) is 71.3. The Balaban J connectivity index is 4.29. The van der Waals surface area contributed by atoms with Crippen molar-refractivity contribution >= 4 is 17.9 Å². The van der Waals surface area contributed by atoms with Gasteiger partial charge in [0.25, 0.3) is 0 Å². The third kappa shape index (κ3) is 61.1. The minimum absolute atomic E-state index is 0.0844. The van der Waals surface area contributed by atoms with E-state index in [-0.39, 0.29) is 31.1 Å². The Labute approximate surface area is 464 Å². The van der Waals surface area contributed by atoms with Crippen molar-refractivity contribution in [3.8, 4) is 0 Å². The molecule has 0 amide bonds. The van der Waals surface area contributed by atoms with E-state index in [1.54, 1.807) is 0 Å². The zero-order valence-corrected chi connectivity index (χ0v) is 49.3. The SMILES string of the molecule is CC/C=C\C/C=C\C/C=C\C/C=C\CCCCCCCCCCCCCCCCC(=O)OCC(COC(=O)CCCCCCCCCCCCCCC)OC(=O)CCCCCC/C=C\C/C=C\C/C=C\C/C=C\CC. The Hall–Kier alpha value is -3.67. The predicted octanol–water partition coefficient (Wildman–Crippen LogP) is 21.7. The highest BCUT2D eigenvalue weighted by Crippen LogP contribution is 2.16. The van der Waals surface area contributed by atoms with E-state index in [0.29, 0.717) is 19.3 Å². The number of hydrogen-bond acceptors (Lipinski definition) is 6. The average Bonchev–Trinajstić information content (AvgIpc) is 3.41. The molecule has 0 aliphatic heterocycles. The molecule has 0 aromatic carbocycles. The maximum Gasteiger partial charge on any atom is 0.306 e. The highest BCUT2D eigenvalue weighted by Gasteiger charge is 2.19. The van der Waals surface area contributed by atoms with Gasteiger partial charge in [-0.15, -0.1) is 0 Å². The summed E-state index contributed by atoms with van der Waals surface area (Å²) in [6.07, 6.45) is 84.1. The molecule has 75 heavy (non-hydrogen) atoms. The predicted molar refractivity (Wildman–Crippen MR) is 325 cm³/mol. The normalized spacial score (nSPS) is 12.7. The molecule has 0 aliphatic rings. The molecule has 6 heteroatoms. The Morgan fingerprint density at radius 2 is 0.520 bits per heavy atom. The van der Waals surface area contributed by atoms with Gasteiger partial charge in [0.2, 0.25) is 0 Å². The van der Waals surface area contributed by atoms with Crippen LogP contribution in [0.4, 0.5) is 0 Å². The topological polar surface area (TPSA) is 78.9 Å². The Morgan fingerprint density at radius 3 is 0.813 bits per heavy atom. The maximum absolute atomic E-state index is 12.9. The molecule has 0 radical (unpaired) electrons. The van der Waals surface area contributed by atoms with E-state index < -0.39 is 6.10 Å². The van der Waals surface area contributed by atoms with E-state index >= 15 is 0 Å². The van der Waals surface area contributed by atoms with Crippen LogP contribution in [0.2, 0.25) is 0 Å². The molecule has 430 valence electrons. The minimum atomic E-state index is -0.790. The first-order valence-corrected chi connectivity index (χ1v) is 31.7. The van der Waals surface area contributed by atoms with Crippen LogP contribution in [0, 0.1) is 0 Å². The second-order valence-corrected chi connectivity index (χ2v) is 20.9. The molecule has 0 N–H and O–H groups in total. The van der Waals surface area contributed by atoms with Gasteiger partial charge in [-0.2, -0.15) is 0 Å². The highest BCUT2D eigenvalue weighted by atomic mass is 16.6. The van der Waals surface area contributed by atoms with Gasteiger partial charge in [0.1, 0.15) is 13.2 Å². The zero-order valence-electron chi connectivity index (χ0n) is 49.3. The Kier molecular flexibility index (Phi) is 59.8. The summed E-state index contributed by atoms with van der Waals surface area (Å²) in [6, 6.07) is 0. The van der Waals surface area contributed by atoms with Crippen molar-refractivity contribution in [1.82, 2.24) is 0 Å². The first-order valence-electron chi connectivity index (χ1n) is 31.7. The molecule has 0 aliphatic carbocycles. The first-order chi connectivity index (χ1) is 37.0. The van der Waals surface area contributed by atoms with E-state index in [4.69, 9.17) is 14.2 Å². The van der Waals surface area contributed by atoms with Crippen LogP contribution in [0.15, 0.2) is 97.2 Å². The van der Waals surface area contributed by atoms with Crippen molar-refractivity contribution in [3.63, 3.8) is 0 Å². The number of esters is 3.